The van der Waals surface area contributed by atoms with E-state index in [9.17, 15) is 14.9 Å². The zero-order valence-corrected chi connectivity index (χ0v) is 17.3. The number of anilines is 1. The summed E-state index contributed by atoms with van der Waals surface area (Å²) in [5.41, 5.74) is 0.533. The second-order valence-electron chi connectivity index (χ2n) is 7.38. The number of rotatable bonds is 8. The second kappa shape index (κ2) is 9.82. The van der Waals surface area contributed by atoms with Crippen molar-refractivity contribution in [3.05, 3.63) is 51.8 Å². The Kier molecular flexibility index (Phi) is 6.94. The number of nitro groups is 1. The number of hydrogen-bond acceptors (Lipinski definition) is 9. The third-order valence-corrected chi connectivity index (χ3v) is 4.79. The first kappa shape index (κ1) is 21.9. The standard InChI is InChI=1S/C20H23N7O4/c1-25(2)7-8-31-18-9-15(3-4-17(18)27(29)30)19(28)26-6-5-16(13-26)24-20-22-11-14(10-21)12-23-20/h3-4,9,11-12,16H,5-8,13H2,1-2H3,(H,22,23,24)/t16-/m1/s1. The molecule has 0 aliphatic carbocycles. The molecule has 1 amide bonds. The molecule has 1 aliphatic heterocycles. The van der Waals surface area contributed by atoms with Crippen LogP contribution in [0.4, 0.5) is 11.6 Å². The molecule has 11 heteroatoms. The van der Waals surface area contributed by atoms with Gasteiger partial charge in [0.2, 0.25) is 5.95 Å². The van der Waals surface area contributed by atoms with Crippen molar-refractivity contribution >= 4 is 17.5 Å². The van der Waals surface area contributed by atoms with Crippen molar-refractivity contribution in [2.45, 2.75) is 12.5 Å². The van der Waals surface area contributed by atoms with Crippen LogP contribution in [-0.4, -0.2) is 77.0 Å². The van der Waals surface area contributed by atoms with Crippen LogP contribution in [0.2, 0.25) is 0 Å². The molecule has 1 atom stereocenters. The number of hydrogen-bond donors (Lipinski definition) is 1. The molecule has 1 saturated heterocycles. The van der Waals surface area contributed by atoms with Crippen LogP contribution >= 0.6 is 0 Å². The Balaban J connectivity index is 1.66. The number of carbonyl (C=O) groups is 1. The number of amides is 1. The first-order valence-corrected chi connectivity index (χ1v) is 9.71. The summed E-state index contributed by atoms with van der Waals surface area (Å²) in [5, 5.41) is 23.3. The first-order chi connectivity index (χ1) is 14.9. The summed E-state index contributed by atoms with van der Waals surface area (Å²) in [6.45, 7) is 1.83. The summed E-state index contributed by atoms with van der Waals surface area (Å²) < 4.78 is 5.58. The summed E-state index contributed by atoms with van der Waals surface area (Å²) in [7, 11) is 3.75. The molecule has 11 nitrogen and oxygen atoms in total. The lowest BCUT2D eigenvalue weighted by molar-refractivity contribution is -0.385. The van der Waals surface area contributed by atoms with Gasteiger partial charge in [-0.25, -0.2) is 9.97 Å². The highest BCUT2D eigenvalue weighted by Crippen LogP contribution is 2.29. The van der Waals surface area contributed by atoms with E-state index in [1.54, 1.807) is 4.90 Å². The van der Waals surface area contributed by atoms with Crippen LogP contribution in [0.25, 0.3) is 0 Å². The first-order valence-electron chi connectivity index (χ1n) is 9.71. The van der Waals surface area contributed by atoms with E-state index >= 15 is 0 Å². The molecule has 1 N–H and O–H groups in total. The fraction of sp³-hybridized carbons (Fsp3) is 0.400. The Morgan fingerprint density at radius 3 is 2.81 bits per heavy atom. The minimum Gasteiger partial charge on any atom is -0.485 e. The van der Waals surface area contributed by atoms with Crippen molar-refractivity contribution in [1.82, 2.24) is 19.8 Å². The van der Waals surface area contributed by atoms with Gasteiger partial charge in [0.25, 0.3) is 5.91 Å². The summed E-state index contributed by atoms with van der Waals surface area (Å²) >= 11 is 0. The number of ether oxygens (including phenoxy) is 1. The number of aromatic nitrogens is 2. The van der Waals surface area contributed by atoms with Gasteiger partial charge in [0, 0.05) is 43.4 Å². The maximum atomic E-state index is 12.9. The molecule has 31 heavy (non-hydrogen) atoms. The molecule has 1 aromatic carbocycles. The van der Waals surface area contributed by atoms with E-state index in [4.69, 9.17) is 10.00 Å². The lowest BCUT2D eigenvalue weighted by atomic mass is 10.1. The molecule has 0 saturated carbocycles. The van der Waals surface area contributed by atoms with Crippen LogP contribution in [0.3, 0.4) is 0 Å². The van der Waals surface area contributed by atoms with E-state index in [0.29, 0.717) is 43.1 Å². The van der Waals surface area contributed by atoms with Gasteiger partial charge in [-0.1, -0.05) is 0 Å². The SMILES string of the molecule is CN(C)CCOc1cc(C(=O)N2CC[C@@H](Nc3ncc(C#N)cn3)C2)ccc1[N+](=O)[O-]. The second-order valence-corrected chi connectivity index (χ2v) is 7.38. The summed E-state index contributed by atoms with van der Waals surface area (Å²) in [4.78, 5) is 35.5. The largest absolute Gasteiger partial charge is 0.485 e. The highest BCUT2D eigenvalue weighted by Gasteiger charge is 2.28. The molecule has 1 aliphatic rings. The third kappa shape index (κ3) is 5.64. The van der Waals surface area contributed by atoms with Crippen LogP contribution in [0.1, 0.15) is 22.3 Å². The number of likely N-dealkylation sites (tertiary alicyclic amines) is 1. The Morgan fingerprint density at radius 1 is 1.42 bits per heavy atom. The van der Waals surface area contributed by atoms with Crippen molar-refractivity contribution in [3.8, 4) is 11.8 Å². The lowest BCUT2D eigenvalue weighted by Gasteiger charge is -2.18. The zero-order valence-electron chi connectivity index (χ0n) is 17.3. The zero-order chi connectivity index (χ0) is 22.4. The lowest BCUT2D eigenvalue weighted by Crippen LogP contribution is -2.32. The molecule has 0 spiro atoms. The molecule has 1 fully saturated rings. The number of nitriles is 1. The number of carbonyl (C=O) groups excluding carboxylic acids is 1. The molecule has 2 aromatic rings. The van der Waals surface area contributed by atoms with Crippen molar-refractivity contribution in [2.75, 3.05) is 45.7 Å². The number of benzene rings is 1. The van der Waals surface area contributed by atoms with Crippen LogP contribution in [0, 0.1) is 21.4 Å². The molecule has 1 aromatic heterocycles. The quantitative estimate of drug-likeness (QED) is 0.493. The molecule has 3 rings (SSSR count). The average molecular weight is 425 g/mol. The number of nitrogens with one attached hydrogen (secondary N) is 1. The Labute approximate surface area is 179 Å². The summed E-state index contributed by atoms with van der Waals surface area (Å²) in [6, 6.07) is 6.10. The van der Waals surface area contributed by atoms with Gasteiger partial charge < -0.3 is 19.9 Å². The predicted molar refractivity (Wildman–Crippen MR) is 112 cm³/mol. The van der Waals surface area contributed by atoms with Gasteiger partial charge in [-0.2, -0.15) is 5.26 Å². The van der Waals surface area contributed by atoms with Crippen LogP contribution in [0.15, 0.2) is 30.6 Å². The van der Waals surface area contributed by atoms with Crippen molar-refractivity contribution in [2.24, 2.45) is 0 Å². The molecular formula is C20H23N7O4. The van der Waals surface area contributed by atoms with Gasteiger partial charge in [-0.3, -0.25) is 14.9 Å². The minimum atomic E-state index is -0.521. The normalized spacial score (nSPS) is 15.5. The van der Waals surface area contributed by atoms with E-state index in [-0.39, 0.29) is 30.0 Å². The Morgan fingerprint density at radius 2 is 2.16 bits per heavy atom. The van der Waals surface area contributed by atoms with Gasteiger partial charge >= 0.3 is 5.69 Å². The smallest absolute Gasteiger partial charge is 0.310 e. The van der Waals surface area contributed by atoms with Crippen LogP contribution in [0.5, 0.6) is 5.75 Å². The van der Waals surface area contributed by atoms with Gasteiger partial charge in [-0.15, -0.1) is 0 Å². The van der Waals surface area contributed by atoms with Gasteiger partial charge in [0.1, 0.15) is 12.7 Å². The maximum absolute atomic E-state index is 12.9. The van der Waals surface area contributed by atoms with E-state index < -0.39 is 4.92 Å². The highest BCUT2D eigenvalue weighted by atomic mass is 16.6. The Bertz CT molecular complexity index is 988. The fourth-order valence-electron chi connectivity index (χ4n) is 3.14. The van der Waals surface area contributed by atoms with Gasteiger partial charge in [0.05, 0.1) is 22.9 Å². The third-order valence-electron chi connectivity index (χ3n) is 4.79. The molecular weight excluding hydrogens is 402 g/mol. The Hall–Kier alpha value is -3.78. The van der Waals surface area contributed by atoms with Crippen molar-refractivity contribution in [3.63, 3.8) is 0 Å². The van der Waals surface area contributed by atoms with Crippen molar-refractivity contribution in [1.29, 1.82) is 5.26 Å². The maximum Gasteiger partial charge on any atom is 0.310 e. The number of nitro benzene ring substituents is 1. The topological polar surface area (TPSA) is 138 Å². The van der Waals surface area contributed by atoms with E-state index in [0.717, 1.165) is 0 Å². The van der Waals surface area contributed by atoms with Crippen molar-refractivity contribution < 1.29 is 14.5 Å². The number of likely N-dealkylation sites (N-methyl/N-ethyl adjacent to an activating group) is 1. The highest BCUT2D eigenvalue weighted by molar-refractivity contribution is 5.95. The monoisotopic (exact) mass is 425 g/mol. The fourth-order valence-corrected chi connectivity index (χ4v) is 3.14. The molecule has 2 heterocycles. The minimum absolute atomic E-state index is 0.0363. The predicted octanol–water partition coefficient (Wildman–Crippen LogP) is 1.52. The van der Waals surface area contributed by atoms with E-state index in [1.165, 1.54) is 30.6 Å². The van der Waals surface area contributed by atoms with Gasteiger partial charge in [0.15, 0.2) is 5.75 Å². The molecule has 162 valence electrons. The van der Waals surface area contributed by atoms with Crippen LogP contribution < -0.4 is 10.1 Å². The molecule has 0 unspecified atom stereocenters. The van der Waals surface area contributed by atoms with E-state index in [2.05, 4.69) is 15.3 Å². The van der Waals surface area contributed by atoms with Gasteiger partial charge in [-0.05, 0) is 26.6 Å². The summed E-state index contributed by atoms with van der Waals surface area (Å²) in [5.74, 6) is 0.250. The number of nitrogens with zero attached hydrogens (tertiary/aromatic N) is 6. The molecule has 0 radical (unpaired) electrons. The van der Waals surface area contributed by atoms with Crippen LogP contribution in [-0.2, 0) is 0 Å². The van der Waals surface area contributed by atoms with E-state index in [1.807, 2.05) is 25.1 Å². The molecule has 0 bridgehead atoms. The summed E-state index contributed by atoms with van der Waals surface area (Å²) in [6.07, 6.45) is 3.57. The average Bonchev–Trinajstić information content (AvgIpc) is 3.21.